The van der Waals surface area contributed by atoms with Crippen molar-refractivity contribution in [2.24, 2.45) is 0 Å². The number of hydrogen-bond acceptors (Lipinski definition) is 6. The van der Waals surface area contributed by atoms with Gasteiger partial charge in [0.2, 0.25) is 0 Å². The van der Waals surface area contributed by atoms with Crippen LogP contribution in [0.1, 0.15) is 78.1 Å². The van der Waals surface area contributed by atoms with E-state index in [1.165, 1.54) is 6.92 Å². The van der Waals surface area contributed by atoms with Crippen LogP contribution < -0.4 is 5.32 Å². The molecule has 1 atom stereocenters. The fraction of sp³-hybridized carbons (Fsp3) is 0.600. The van der Waals surface area contributed by atoms with E-state index in [9.17, 15) is 19.6 Å². The number of hydrogen-bond donors (Lipinski definition) is 2. The molecule has 0 spiro atoms. The Hall–Kier alpha value is -2.82. The van der Waals surface area contributed by atoms with Crippen molar-refractivity contribution in [3.8, 4) is 6.07 Å². The number of ether oxygens (including phenoxy) is 2. The minimum atomic E-state index is -1.08. The molecule has 1 amide bonds. The van der Waals surface area contributed by atoms with Crippen LogP contribution in [0.3, 0.4) is 0 Å². The number of carbonyl (C=O) groups excluding carboxylic acids is 3. The van der Waals surface area contributed by atoms with Crippen molar-refractivity contribution in [2.75, 3.05) is 6.61 Å². The first-order valence-corrected chi connectivity index (χ1v) is 9.55. The van der Waals surface area contributed by atoms with Gasteiger partial charge in [0, 0.05) is 5.69 Å². The van der Waals surface area contributed by atoms with Crippen molar-refractivity contribution in [1.82, 2.24) is 10.3 Å². The quantitative estimate of drug-likeness (QED) is 0.722. The molecule has 8 nitrogen and oxygen atoms in total. The van der Waals surface area contributed by atoms with Crippen molar-refractivity contribution in [3.63, 3.8) is 0 Å². The third kappa shape index (κ3) is 4.53. The Kier molecular flexibility index (Phi) is 6.84. The minimum Gasteiger partial charge on any atom is -0.462 e. The van der Waals surface area contributed by atoms with Crippen LogP contribution in [-0.2, 0) is 14.3 Å². The van der Waals surface area contributed by atoms with Gasteiger partial charge in [-0.05, 0) is 46.1 Å². The normalized spacial score (nSPS) is 16.5. The summed E-state index contributed by atoms with van der Waals surface area (Å²) >= 11 is 0. The predicted octanol–water partition coefficient (Wildman–Crippen LogP) is 2.70. The van der Waals surface area contributed by atoms with E-state index in [0.29, 0.717) is 24.1 Å². The second kappa shape index (κ2) is 8.91. The van der Waals surface area contributed by atoms with Gasteiger partial charge in [-0.1, -0.05) is 19.3 Å². The second-order valence-corrected chi connectivity index (χ2v) is 7.14. The third-order valence-corrected chi connectivity index (χ3v) is 5.06. The molecular weight excluding hydrogens is 362 g/mol. The molecule has 1 aliphatic rings. The van der Waals surface area contributed by atoms with Crippen molar-refractivity contribution in [2.45, 2.75) is 71.4 Å². The average molecular weight is 389 g/mol. The Bertz CT molecular complexity index is 799. The van der Waals surface area contributed by atoms with Gasteiger partial charge in [-0.25, -0.2) is 9.59 Å². The fourth-order valence-electron chi connectivity index (χ4n) is 3.49. The molecule has 0 bridgehead atoms. The summed E-state index contributed by atoms with van der Waals surface area (Å²) in [7, 11) is 0. The van der Waals surface area contributed by atoms with Crippen LogP contribution in [0.15, 0.2) is 0 Å². The largest absolute Gasteiger partial charge is 0.462 e. The van der Waals surface area contributed by atoms with E-state index < -0.39 is 29.5 Å². The zero-order valence-electron chi connectivity index (χ0n) is 16.8. The van der Waals surface area contributed by atoms with E-state index in [4.69, 9.17) is 9.47 Å². The number of aromatic nitrogens is 1. The monoisotopic (exact) mass is 389 g/mol. The van der Waals surface area contributed by atoms with Crippen LogP contribution in [0.25, 0.3) is 0 Å². The van der Waals surface area contributed by atoms with E-state index in [1.807, 2.05) is 0 Å². The first-order chi connectivity index (χ1) is 13.2. The molecule has 1 aliphatic carbocycles. The summed E-state index contributed by atoms with van der Waals surface area (Å²) in [6.07, 6.45) is 2.90. The highest BCUT2D eigenvalue weighted by Crippen LogP contribution is 2.28. The minimum absolute atomic E-state index is 0.105. The number of carbonyl (C=O) groups is 3. The summed E-state index contributed by atoms with van der Waals surface area (Å²) in [6.45, 7) is 6.65. The highest BCUT2D eigenvalue weighted by atomic mass is 16.5. The smallest absolute Gasteiger partial charge is 0.355 e. The van der Waals surface area contributed by atoms with Gasteiger partial charge in [-0.15, -0.1) is 0 Å². The van der Waals surface area contributed by atoms with Crippen LogP contribution in [0.4, 0.5) is 0 Å². The van der Waals surface area contributed by atoms with Crippen LogP contribution in [0.2, 0.25) is 0 Å². The number of nitriles is 1. The second-order valence-electron chi connectivity index (χ2n) is 7.14. The van der Waals surface area contributed by atoms with Crippen molar-refractivity contribution in [3.05, 3.63) is 22.5 Å². The molecule has 152 valence electrons. The topological polar surface area (TPSA) is 121 Å². The third-order valence-electron chi connectivity index (χ3n) is 5.06. The molecule has 0 aromatic carbocycles. The molecule has 0 aliphatic heterocycles. The molecule has 1 aromatic rings. The molecule has 0 saturated heterocycles. The number of nitrogens with zero attached hydrogens (tertiary/aromatic N) is 1. The van der Waals surface area contributed by atoms with Gasteiger partial charge in [0.05, 0.1) is 18.2 Å². The summed E-state index contributed by atoms with van der Waals surface area (Å²) < 4.78 is 10.3. The lowest BCUT2D eigenvalue weighted by Gasteiger charge is -2.32. The highest BCUT2D eigenvalue weighted by molar-refractivity contribution is 5.99. The SMILES string of the molecule is CCOC(=O)c1c(C)[nH]c(C(=O)O[C@H](C)C(=O)NC2(C#N)CCCCC2)c1C. The Morgan fingerprint density at radius 3 is 2.43 bits per heavy atom. The number of esters is 2. The molecule has 28 heavy (non-hydrogen) atoms. The number of H-pyrrole nitrogens is 1. The standard InChI is InChI=1S/C20H27N3O5/c1-5-27-18(25)15-12(2)16(22-13(15)3)19(26)28-14(4)17(24)23-20(11-21)9-7-6-8-10-20/h14,22H,5-10H2,1-4H3,(H,23,24)/t14-/m1/s1. The number of aryl methyl sites for hydroxylation is 1. The van der Waals surface area contributed by atoms with E-state index in [1.54, 1.807) is 20.8 Å². The summed E-state index contributed by atoms with van der Waals surface area (Å²) in [5.74, 6) is -1.77. The lowest BCUT2D eigenvalue weighted by molar-refractivity contribution is -0.130. The van der Waals surface area contributed by atoms with E-state index in [0.717, 1.165) is 19.3 Å². The maximum Gasteiger partial charge on any atom is 0.355 e. The van der Waals surface area contributed by atoms with Gasteiger partial charge in [0.25, 0.3) is 5.91 Å². The highest BCUT2D eigenvalue weighted by Gasteiger charge is 2.36. The zero-order chi connectivity index (χ0) is 20.9. The van der Waals surface area contributed by atoms with Crippen molar-refractivity contribution >= 4 is 17.8 Å². The number of rotatable bonds is 6. The number of aromatic amines is 1. The number of amides is 1. The van der Waals surface area contributed by atoms with Crippen molar-refractivity contribution < 1.29 is 23.9 Å². The first kappa shape index (κ1) is 21.5. The molecule has 2 rings (SSSR count). The molecular formula is C20H27N3O5. The lowest BCUT2D eigenvalue weighted by atomic mass is 9.83. The molecule has 1 saturated carbocycles. The summed E-state index contributed by atoms with van der Waals surface area (Å²) in [4.78, 5) is 39.9. The van der Waals surface area contributed by atoms with Crippen LogP contribution in [-0.4, -0.2) is 41.1 Å². The van der Waals surface area contributed by atoms with E-state index in [2.05, 4.69) is 16.4 Å². The molecule has 8 heteroatoms. The van der Waals surface area contributed by atoms with Gasteiger partial charge < -0.3 is 19.8 Å². The van der Waals surface area contributed by atoms with E-state index in [-0.39, 0.29) is 17.9 Å². The Balaban J connectivity index is 2.08. The Labute approximate surface area is 164 Å². The van der Waals surface area contributed by atoms with Crippen LogP contribution in [0, 0.1) is 25.2 Å². The van der Waals surface area contributed by atoms with Crippen molar-refractivity contribution in [1.29, 1.82) is 5.26 Å². The van der Waals surface area contributed by atoms with E-state index >= 15 is 0 Å². The molecule has 1 fully saturated rings. The van der Waals surface area contributed by atoms with Crippen LogP contribution >= 0.6 is 0 Å². The molecule has 0 unspecified atom stereocenters. The average Bonchev–Trinajstić information content (AvgIpc) is 2.97. The zero-order valence-corrected chi connectivity index (χ0v) is 16.8. The van der Waals surface area contributed by atoms with Gasteiger partial charge in [-0.2, -0.15) is 5.26 Å². The van der Waals surface area contributed by atoms with Gasteiger partial charge >= 0.3 is 11.9 Å². The molecule has 1 heterocycles. The maximum absolute atomic E-state index is 12.5. The molecule has 1 aromatic heterocycles. The Morgan fingerprint density at radius 1 is 1.21 bits per heavy atom. The predicted molar refractivity (Wildman–Crippen MR) is 101 cm³/mol. The summed E-state index contributed by atoms with van der Waals surface area (Å²) in [5.41, 5.74) is 0.399. The first-order valence-electron chi connectivity index (χ1n) is 9.55. The number of nitrogens with one attached hydrogen (secondary N) is 2. The lowest BCUT2D eigenvalue weighted by Crippen LogP contribution is -2.52. The van der Waals surface area contributed by atoms with Gasteiger partial charge in [-0.3, -0.25) is 4.79 Å². The molecule has 0 radical (unpaired) electrons. The summed E-state index contributed by atoms with van der Waals surface area (Å²) in [6, 6.07) is 2.20. The van der Waals surface area contributed by atoms with Gasteiger partial charge in [0.15, 0.2) is 6.10 Å². The molecule has 2 N–H and O–H groups in total. The van der Waals surface area contributed by atoms with Crippen LogP contribution in [0.5, 0.6) is 0 Å². The summed E-state index contributed by atoms with van der Waals surface area (Å²) in [5, 5.41) is 12.2. The Morgan fingerprint density at radius 2 is 1.86 bits per heavy atom. The fourth-order valence-corrected chi connectivity index (χ4v) is 3.49. The maximum atomic E-state index is 12.5. The van der Waals surface area contributed by atoms with Gasteiger partial charge in [0.1, 0.15) is 11.2 Å².